The predicted octanol–water partition coefficient (Wildman–Crippen LogP) is 3.91. The smallest absolute Gasteiger partial charge is 0.350 e. The molecule has 0 fully saturated rings. The van der Waals surface area contributed by atoms with Crippen LogP contribution in [0.15, 0.2) is 46.3 Å². The maximum absolute atomic E-state index is 12.9. The van der Waals surface area contributed by atoms with Gasteiger partial charge in [-0.25, -0.2) is 8.42 Å². The van der Waals surface area contributed by atoms with E-state index in [2.05, 4.69) is 0 Å². The van der Waals surface area contributed by atoms with E-state index >= 15 is 0 Å². The molecule has 0 spiro atoms. The molecule has 0 saturated heterocycles. The topological polar surface area (TPSA) is 56.1 Å². The molecule has 4 nitrogen and oxygen atoms in total. The molecule has 0 unspecified atom stereocenters. The fourth-order valence-corrected chi connectivity index (χ4v) is 3.30. The van der Waals surface area contributed by atoms with Crippen LogP contribution >= 0.6 is 0 Å². The largest absolute Gasteiger partial charge is 0.416 e. The Bertz CT molecular complexity index is 944. The average molecular weight is 373 g/mol. The molecule has 0 bridgehead atoms. The first-order valence-corrected chi connectivity index (χ1v) is 9.28. The summed E-state index contributed by atoms with van der Waals surface area (Å²) < 4.78 is 64.7. The number of rotatable bonds is 4. The summed E-state index contributed by atoms with van der Waals surface area (Å²) in [6.07, 6.45) is -1.93. The maximum Gasteiger partial charge on any atom is 0.416 e. The lowest BCUT2D eigenvalue weighted by atomic mass is 10.0. The highest BCUT2D eigenvalue weighted by atomic mass is 32.2. The molecule has 0 aliphatic heterocycles. The van der Waals surface area contributed by atoms with E-state index in [1.807, 2.05) is 0 Å². The van der Waals surface area contributed by atoms with E-state index in [1.54, 1.807) is 13.8 Å². The first-order chi connectivity index (χ1) is 11.5. The second kappa shape index (κ2) is 6.67. The van der Waals surface area contributed by atoms with Crippen LogP contribution < -0.4 is 5.43 Å². The zero-order valence-electron chi connectivity index (χ0n) is 14.0. The summed E-state index contributed by atoms with van der Waals surface area (Å²) >= 11 is 0. The van der Waals surface area contributed by atoms with E-state index in [-0.39, 0.29) is 22.9 Å². The number of pyridine rings is 1. The zero-order valence-corrected chi connectivity index (χ0v) is 14.8. The van der Waals surface area contributed by atoms with Crippen molar-refractivity contribution in [2.24, 2.45) is 0 Å². The lowest BCUT2D eigenvalue weighted by Crippen LogP contribution is -2.21. The molecule has 8 heteroatoms. The van der Waals surface area contributed by atoms with Crippen molar-refractivity contribution in [3.05, 3.63) is 52.4 Å². The molecule has 0 radical (unpaired) electrons. The Balaban J connectivity index is 2.80. The molecular weight excluding hydrogens is 355 g/mol. The second-order valence-corrected chi connectivity index (χ2v) is 8.13. The lowest BCUT2D eigenvalue weighted by Gasteiger charge is -2.16. The highest BCUT2D eigenvalue weighted by Gasteiger charge is 2.31. The Kier molecular flexibility index (Phi) is 5.13. The standard InChI is InChI=1S/C17H18F3NO3S/c1-4-25(23,24)15-10-21(11(2)3)9-14(16(15)22)12-6-5-7-13(8-12)17(18,19)20/h5-11H,4H2,1-3H3. The summed E-state index contributed by atoms with van der Waals surface area (Å²) in [6, 6.07) is 4.13. The Labute approximate surface area is 143 Å². The van der Waals surface area contributed by atoms with Gasteiger partial charge in [0.1, 0.15) is 4.90 Å². The summed E-state index contributed by atoms with van der Waals surface area (Å²) in [7, 11) is -3.81. The highest BCUT2D eigenvalue weighted by molar-refractivity contribution is 7.91. The molecule has 0 amide bonds. The van der Waals surface area contributed by atoms with Gasteiger partial charge in [-0.2, -0.15) is 13.2 Å². The first kappa shape index (κ1) is 19.2. The fraction of sp³-hybridized carbons (Fsp3) is 0.353. The van der Waals surface area contributed by atoms with Crippen LogP contribution in [-0.2, 0) is 16.0 Å². The summed E-state index contributed by atoms with van der Waals surface area (Å²) in [5, 5.41) is 0. The van der Waals surface area contributed by atoms with Crippen LogP contribution in [0.3, 0.4) is 0 Å². The maximum atomic E-state index is 12.9. The fourth-order valence-electron chi connectivity index (χ4n) is 2.32. The number of aromatic nitrogens is 1. The Morgan fingerprint density at radius 2 is 1.80 bits per heavy atom. The summed E-state index contributed by atoms with van der Waals surface area (Å²) in [5.41, 5.74) is -1.74. The van der Waals surface area contributed by atoms with Crippen molar-refractivity contribution in [1.29, 1.82) is 0 Å². The Morgan fingerprint density at radius 1 is 1.16 bits per heavy atom. The monoisotopic (exact) mass is 373 g/mol. The van der Waals surface area contributed by atoms with Crippen molar-refractivity contribution in [2.45, 2.75) is 37.9 Å². The van der Waals surface area contributed by atoms with Crippen LogP contribution in [0.25, 0.3) is 11.1 Å². The molecule has 1 aromatic carbocycles. The van der Waals surface area contributed by atoms with Crippen LogP contribution in [0.5, 0.6) is 0 Å². The van der Waals surface area contributed by atoms with Crippen LogP contribution in [0, 0.1) is 0 Å². The van der Waals surface area contributed by atoms with Gasteiger partial charge in [0.15, 0.2) is 9.84 Å². The highest BCUT2D eigenvalue weighted by Crippen LogP contribution is 2.31. The van der Waals surface area contributed by atoms with Crippen LogP contribution in [0.4, 0.5) is 13.2 Å². The number of sulfone groups is 1. The van der Waals surface area contributed by atoms with Crippen molar-refractivity contribution < 1.29 is 21.6 Å². The SMILES string of the molecule is CCS(=O)(=O)c1cn(C(C)C)cc(-c2cccc(C(F)(F)F)c2)c1=O. The van der Waals surface area contributed by atoms with Gasteiger partial charge in [0, 0.05) is 24.0 Å². The van der Waals surface area contributed by atoms with Gasteiger partial charge in [-0.3, -0.25) is 4.79 Å². The molecule has 136 valence electrons. The molecule has 0 aliphatic rings. The molecular formula is C17H18F3NO3S. The van der Waals surface area contributed by atoms with E-state index in [0.29, 0.717) is 0 Å². The number of alkyl halides is 3. The molecule has 0 aliphatic carbocycles. The summed E-state index contributed by atoms with van der Waals surface area (Å²) in [6.45, 7) is 4.97. The van der Waals surface area contributed by atoms with Crippen LogP contribution in [-0.4, -0.2) is 18.7 Å². The Hall–Kier alpha value is -2.09. The third kappa shape index (κ3) is 3.95. The molecule has 2 rings (SSSR count). The first-order valence-electron chi connectivity index (χ1n) is 7.63. The molecule has 1 aromatic heterocycles. The molecule has 25 heavy (non-hydrogen) atoms. The summed E-state index contributed by atoms with van der Waals surface area (Å²) in [4.78, 5) is 12.2. The molecule has 0 atom stereocenters. The minimum Gasteiger partial charge on any atom is -0.350 e. The zero-order chi connectivity index (χ0) is 19.0. The minimum absolute atomic E-state index is 0.0300. The van der Waals surface area contributed by atoms with Gasteiger partial charge in [0.05, 0.1) is 11.3 Å². The lowest BCUT2D eigenvalue weighted by molar-refractivity contribution is -0.137. The molecule has 1 heterocycles. The summed E-state index contributed by atoms with van der Waals surface area (Å²) in [5.74, 6) is -0.271. The van der Waals surface area contributed by atoms with E-state index in [1.165, 1.54) is 36.0 Å². The quantitative estimate of drug-likeness (QED) is 0.817. The number of hydrogen-bond donors (Lipinski definition) is 0. The number of hydrogen-bond acceptors (Lipinski definition) is 3. The third-order valence-electron chi connectivity index (χ3n) is 3.83. The predicted molar refractivity (Wildman–Crippen MR) is 89.3 cm³/mol. The molecule has 2 aromatic rings. The van der Waals surface area contributed by atoms with Crippen LogP contribution in [0.2, 0.25) is 0 Å². The number of benzene rings is 1. The van der Waals surface area contributed by atoms with Gasteiger partial charge in [-0.15, -0.1) is 0 Å². The number of halogens is 3. The van der Waals surface area contributed by atoms with Crippen molar-refractivity contribution in [3.8, 4) is 11.1 Å². The van der Waals surface area contributed by atoms with E-state index in [0.717, 1.165) is 12.1 Å². The van der Waals surface area contributed by atoms with Gasteiger partial charge in [0.25, 0.3) is 0 Å². The van der Waals surface area contributed by atoms with Gasteiger partial charge in [-0.1, -0.05) is 19.1 Å². The Morgan fingerprint density at radius 3 is 2.32 bits per heavy atom. The van der Waals surface area contributed by atoms with E-state index in [9.17, 15) is 26.4 Å². The number of nitrogens with zero attached hydrogens (tertiary/aromatic N) is 1. The van der Waals surface area contributed by atoms with Crippen LogP contribution in [0.1, 0.15) is 32.4 Å². The third-order valence-corrected chi connectivity index (χ3v) is 5.55. The average Bonchev–Trinajstić information content (AvgIpc) is 2.54. The van der Waals surface area contributed by atoms with Crippen molar-refractivity contribution in [3.63, 3.8) is 0 Å². The minimum atomic E-state index is -4.56. The van der Waals surface area contributed by atoms with Gasteiger partial charge in [-0.05, 0) is 31.5 Å². The molecule has 0 N–H and O–H groups in total. The van der Waals surface area contributed by atoms with E-state index < -0.39 is 31.9 Å². The van der Waals surface area contributed by atoms with E-state index in [4.69, 9.17) is 0 Å². The van der Waals surface area contributed by atoms with Gasteiger partial charge in [0.2, 0.25) is 5.43 Å². The van der Waals surface area contributed by atoms with Gasteiger partial charge >= 0.3 is 6.18 Å². The molecule has 0 saturated carbocycles. The normalized spacial score (nSPS) is 12.6. The van der Waals surface area contributed by atoms with Gasteiger partial charge < -0.3 is 4.57 Å². The second-order valence-electron chi connectivity index (χ2n) is 5.89. The van der Waals surface area contributed by atoms with Crippen molar-refractivity contribution >= 4 is 9.84 Å². The van der Waals surface area contributed by atoms with Crippen molar-refractivity contribution in [1.82, 2.24) is 4.57 Å². The van der Waals surface area contributed by atoms with Crippen molar-refractivity contribution in [2.75, 3.05) is 5.75 Å².